The number of methoxy groups -OCH3 is 1. The van der Waals surface area contributed by atoms with Crippen LogP contribution in [0.5, 0.6) is 11.5 Å². The molecule has 2 aromatic rings. The van der Waals surface area contributed by atoms with Crippen molar-refractivity contribution in [3.8, 4) is 11.5 Å². The SMILES string of the molecule is COc1cc(/C=C2/C(=N)N3C=C(C)SC3=NC2=O)cc(Br)c1OCc1ccccc1. The molecule has 0 aliphatic carbocycles. The van der Waals surface area contributed by atoms with Crippen molar-refractivity contribution in [3.05, 3.63) is 74.7 Å². The minimum atomic E-state index is -0.429. The molecule has 0 unspecified atom stereocenters. The lowest BCUT2D eigenvalue weighted by Gasteiger charge is -2.22. The number of thioether (sulfide) groups is 1. The number of amides is 1. The van der Waals surface area contributed by atoms with Crippen LogP contribution in [0.3, 0.4) is 0 Å². The maximum atomic E-state index is 12.5. The van der Waals surface area contributed by atoms with E-state index in [1.807, 2.05) is 49.5 Å². The molecule has 0 atom stereocenters. The quantitative estimate of drug-likeness (QED) is 0.591. The number of hydrogen-bond donors (Lipinski definition) is 1. The van der Waals surface area contributed by atoms with Gasteiger partial charge in [-0.2, -0.15) is 4.99 Å². The molecule has 2 aromatic carbocycles. The smallest absolute Gasteiger partial charge is 0.283 e. The first-order valence-corrected chi connectivity index (χ1v) is 10.7. The van der Waals surface area contributed by atoms with Gasteiger partial charge in [0.2, 0.25) is 0 Å². The van der Waals surface area contributed by atoms with Gasteiger partial charge in [0, 0.05) is 11.1 Å². The molecule has 0 bridgehead atoms. The monoisotopic (exact) mass is 483 g/mol. The van der Waals surface area contributed by atoms with E-state index in [1.54, 1.807) is 24.2 Å². The lowest BCUT2D eigenvalue weighted by molar-refractivity contribution is -0.114. The molecule has 0 spiro atoms. The summed E-state index contributed by atoms with van der Waals surface area (Å²) >= 11 is 4.92. The molecule has 0 saturated heterocycles. The summed E-state index contributed by atoms with van der Waals surface area (Å²) in [5.74, 6) is 0.775. The van der Waals surface area contributed by atoms with Crippen LogP contribution in [0, 0.1) is 5.41 Å². The minimum absolute atomic E-state index is 0.105. The summed E-state index contributed by atoms with van der Waals surface area (Å²) in [4.78, 5) is 19.2. The summed E-state index contributed by atoms with van der Waals surface area (Å²) < 4.78 is 12.2. The molecule has 2 aliphatic heterocycles. The molecule has 2 aliphatic rings. The zero-order valence-corrected chi connectivity index (χ0v) is 18.7. The zero-order chi connectivity index (χ0) is 21.3. The average molecular weight is 484 g/mol. The summed E-state index contributed by atoms with van der Waals surface area (Å²) in [6.45, 7) is 2.32. The van der Waals surface area contributed by atoms with Crippen LogP contribution in [0.2, 0.25) is 0 Å². The van der Waals surface area contributed by atoms with Gasteiger partial charge < -0.3 is 9.47 Å². The van der Waals surface area contributed by atoms with E-state index in [0.29, 0.717) is 33.3 Å². The van der Waals surface area contributed by atoms with Gasteiger partial charge in [-0.25, -0.2) is 0 Å². The number of aliphatic imine (C=N–C) groups is 1. The van der Waals surface area contributed by atoms with Crippen molar-refractivity contribution in [2.45, 2.75) is 13.5 Å². The lowest BCUT2D eigenvalue weighted by Crippen LogP contribution is -2.35. The maximum absolute atomic E-state index is 12.5. The summed E-state index contributed by atoms with van der Waals surface area (Å²) in [5, 5.41) is 8.95. The van der Waals surface area contributed by atoms with Crippen LogP contribution in [-0.2, 0) is 11.4 Å². The van der Waals surface area contributed by atoms with E-state index in [4.69, 9.17) is 14.9 Å². The van der Waals surface area contributed by atoms with E-state index in [0.717, 1.165) is 10.5 Å². The van der Waals surface area contributed by atoms with Crippen LogP contribution < -0.4 is 9.47 Å². The first-order valence-electron chi connectivity index (χ1n) is 9.09. The van der Waals surface area contributed by atoms with Crippen molar-refractivity contribution < 1.29 is 14.3 Å². The predicted molar refractivity (Wildman–Crippen MR) is 123 cm³/mol. The van der Waals surface area contributed by atoms with Gasteiger partial charge in [0.15, 0.2) is 16.7 Å². The molecule has 2 heterocycles. The highest BCUT2D eigenvalue weighted by molar-refractivity contribution is 9.10. The van der Waals surface area contributed by atoms with E-state index in [1.165, 1.54) is 11.8 Å². The van der Waals surface area contributed by atoms with Gasteiger partial charge in [0.05, 0.1) is 17.2 Å². The molecule has 8 heteroatoms. The van der Waals surface area contributed by atoms with Gasteiger partial charge in [-0.05, 0) is 52.2 Å². The second-order valence-corrected chi connectivity index (χ2v) is 8.69. The Morgan fingerprint density at radius 1 is 1.27 bits per heavy atom. The Bertz CT molecular complexity index is 1130. The fourth-order valence-electron chi connectivity index (χ4n) is 3.06. The topological polar surface area (TPSA) is 75.0 Å². The second kappa shape index (κ2) is 8.49. The Morgan fingerprint density at radius 3 is 2.77 bits per heavy atom. The van der Waals surface area contributed by atoms with Gasteiger partial charge in [0.25, 0.3) is 5.91 Å². The molecule has 30 heavy (non-hydrogen) atoms. The molecule has 1 amide bonds. The maximum Gasteiger partial charge on any atom is 0.283 e. The number of carbonyl (C=O) groups is 1. The number of fused-ring (bicyclic) bond motifs is 1. The number of carbonyl (C=O) groups excluding carboxylic acids is 1. The average Bonchev–Trinajstić information content (AvgIpc) is 3.11. The summed E-state index contributed by atoms with van der Waals surface area (Å²) in [6.07, 6.45) is 3.45. The Kier molecular flexibility index (Phi) is 5.78. The molecule has 0 fully saturated rings. The van der Waals surface area contributed by atoms with Crippen LogP contribution >= 0.6 is 27.7 Å². The van der Waals surface area contributed by atoms with Crippen molar-refractivity contribution >= 4 is 50.7 Å². The van der Waals surface area contributed by atoms with Gasteiger partial charge in [-0.1, -0.05) is 42.1 Å². The molecule has 4 rings (SSSR count). The molecule has 152 valence electrons. The number of nitrogens with zero attached hydrogens (tertiary/aromatic N) is 2. The number of nitrogens with one attached hydrogen (secondary N) is 1. The van der Waals surface area contributed by atoms with E-state index in [-0.39, 0.29) is 11.4 Å². The van der Waals surface area contributed by atoms with Gasteiger partial charge >= 0.3 is 0 Å². The van der Waals surface area contributed by atoms with Crippen LogP contribution in [0.15, 0.2) is 68.6 Å². The van der Waals surface area contributed by atoms with E-state index in [2.05, 4.69) is 20.9 Å². The summed E-state index contributed by atoms with van der Waals surface area (Å²) in [7, 11) is 1.56. The predicted octanol–water partition coefficient (Wildman–Crippen LogP) is 5.20. The molecular weight excluding hydrogens is 466 g/mol. The molecule has 0 radical (unpaired) electrons. The van der Waals surface area contributed by atoms with E-state index >= 15 is 0 Å². The Labute approximate surface area is 186 Å². The lowest BCUT2D eigenvalue weighted by atomic mass is 10.1. The third kappa shape index (κ3) is 4.06. The fraction of sp³-hybridized carbons (Fsp3) is 0.136. The molecule has 1 N–H and O–H groups in total. The Balaban J connectivity index is 1.63. The number of allylic oxidation sites excluding steroid dienone is 1. The Morgan fingerprint density at radius 2 is 2.03 bits per heavy atom. The normalized spacial score (nSPS) is 17.0. The molecule has 6 nitrogen and oxygen atoms in total. The largest absolute Gasteiger partial charge is 0.493 e. The van der Waals surface area contributed by atoms with Crippen molar-refractivity contribution in [1.29, 1.82) is 5.41 Å². The molecule has 0 saturated carbocycles. The molecule has 0 aromatic heterocycles. The van der Waals surface area contributed by atoms with Crippen LogP contribution in [0.4, 0.5) is 0 Å². The fourth-order valence-corrected chi connectivity index (χ4v) is 4.45. The number of benzene rings is 2. The first kappa shape index (κ1) is 20.4. The Hall–Kier alpha value is -2.84. The highest BCUT2D eigenvalue weighted by Crippen LogP contribution is 2.38. The summed E-state index contributed by atoms with van der Waals surface area (Å²) in [6, 6.07) is 13.5. The van der Waals surface area contributed by atoms with Crippen LogP contribution in [0.1, 0.15) is 18.1 Å². The number of halogens is 1. The van der Waals surface area contributed by atoms with E-state index < -0.39 is 5.91 Å². The standard InChI is InChI=1S/C22H18BrN3O3S/c1-13-11-26-20(24)16(21(27)25-22(26)30-13)8-15-9-17(23)19(18(10-15)28-2)29-12-14-6-4-3-5-7-14/h3-11,24H,12H2,1-2H3/b16-8-,24-20?. The van der Waals surface area contributed by atoms with Crippen molar-refractivity contribution in [2.75, 3.05) is 7.11 Å². The van der Waals surface area contributed by atoms with E-state index in [9.17, 15) is 4.79 Å². The zero-order valence-electron chi connectivity index (χ0n) is 16.3. The van der Waals surface area contributed by atoms with Crippen LogP contribution in [-0.4, -0.2) is 28.9 Å². The first-order chi connectivity index (χ1) is 14.5. The number of ether oxygens (including phenoxy) is 2. The third-order valence-corrected chi connectivity index (χ3v) is 5.97. The third-order valence-electron chi connectivity index (χ3n) is 4.48. The van der Waals surface area contributed by atoms with Crippen molar-refractivity contribution in [3.63, 3.8) is 0 Å². The highest BCUT2D eigenvalue weighted by atomic mass is 79.9. The number of hydrogen-bond acceptors (Lipinski definition) is 5. The van der Waals surface area contributed by atoms with Crippen molar-refractivity contribution in [1.82, 2.24) is 4.90 Å². The summed E-state index contributed by atoms with van der Waals surface area (Å²) in [5.41, 5.74) is 1.96. The van der Waals surface area contributed by atoms with Crippen molar-refractivity contribution in [2.24, 2.45) is 4.99 Å². The van der Waals surface area contributed by atoms with Gasteiger partial charge in [-0.3, -0.25) is 15.1 Å². The van der Waals surface area contributed by atoms with Gasteiger partial charge in [0.1, 0.15) is 12.4 Å². The van der Waals surface area contributed by atoms with Gasteiger partial charge in [-0.15, -0.1) is 0 Å². The van der Waals surface area contributed by atoms with Crippen LogP contribution in [0.25, 0.3) is 6.08 Å². The second-order valence-electron chi connectivity index (χ2n) is 6.63. The number of amidine groups is 2. The highest BCUT2D eigenvalue weighted by Gasteiger charge is 2.32. The minimum Gasteiger partial charge on any atom is -0.493 e. The number of rotatable bonds is 5. The molecular formula is C22H18BrN3O3S.